The van der Waals surface area contributed by atoms with Crippen LogP contribution in [0.5, 0.6) is 5.75 Å². The highest BCUT2D eigenvalue weighted by Crippen LogP contribution is 2.42. The summed E-state index contributed by atoms with van der Waals surface area (Å²) >= 11 is 0. The summed E-state index contributed by atoms with van der Waals surface area (Å²) in [5.41, 5.74) is 1.28. The van der Waals surface area contributed by atoms with Gasteiger partial charge in [0.1, 0.15) is 5.75 Å². The molecule has 0 aliphatic heterocycles. The Morgan fingerprint density at radius 2 is 2.17 bits per heavy atom. The zero-order chi connectivity index (χ0) is 8.55. The van der Waals surface area contributed by atoms with E-state index in [1.54, 1.807) is 6.07 Å². The van der Waals surface area contributed by atoms with Crippen molar-refractivity contribution in [3.63, 3.8) is 0 Å². The fourth-order valence-electron chi connectivity index (χ4n) is 1.68. The van der Waals surface area contributed by atoms with Gasteiger partial charge in [0, 0.05) is 0 Å². The van der Waals surface area contributed by atoms with Gasteiger partial charge in [0.25, 0.3) is 0 Å². The van der Waals surface area contributed by atoms with E-state index in [9.17, 15) is 5.11 Å². The van der Waals surface area contributed by atoms with Crippen LogP contribution in [0.2, 0.25) is 0 Å². The highest BCUT2D eigenvalue weighted by molar-refractivity contribution is 5.30. The second-order valence-electron chi connectivity index (χ2n) is 3.72. The number of phenolic OH excluding ortho intramolecular Hbond substituents is 1. The van der Waals surface area contributed by atoms with Crippen LogP contribution >= 0.6 is 0 Å². The average molecular weight is 162 g/mol. The lowest BCUT2D eigenvalue weighted by atomic mass is 9.96. The smallest absolute Gasteiger partial charge is 0.115 e. The Labute approximate surface area is 73.0 Å². The summed E-state index contributed by atoms with van der Waals surface area (Å²) in [4.78, 5) is 0. The summed E-state index contributed by atoms with van der Waals surface area (Å²) in [5.74, 6) is 1.88. The molecular formula is C11H14O. The van der Waals surface area contributed by atoms with Crippen molar-refractivity contribution in [3.8, 4) is 5.75 Å². The first-order chi connectivity index (χ1) is 5.77. The van der Waals surface area contributed by atoms with E-state index in [2.05, 4.69) is 13.0 Å². The van der Waals surface area contributed by atoms with E-state index < -0.39 is 0 Å². The quantitative estimate of drug-likeness (QED) is 0.709. The fraction of sp³-hybridized carbons (Fsp3) is 0.455. The van der Waals surface area contributed by atoms with Crippen molar-refractivity contribution in [1.82, 2.24) is 0 Å². The maximum absolute atomic E-state index is 9.26. The third-order valence-electron chi connectivity index (χ3n) is 2.73. The Balaban J connectivity index is 2.20. The molecule has 2 rings (SSSR count). The van der Waals surface area contributed by atoms with Gasteiger partial charge in [-0.3, -0.25) is 0 Å². The van der Waals surface area contributed by atoms with E-state index >= 15 is 0 Å². The maximum Gasteiger partial charge on any atom is 0.115 e. The Kier molecular flexibility index (Phi) is 1.80. The van der Waals surface area contributed by atoms with Crippen molar-refractivity contribution < 1.29 is 5.11 Å². The van der Waals surface area contributed by atoms with Crippen LogP contribution in [0.25, 0.3) is 0 Å². The second-order valence-corrected chi connectivity index (χ2v) is 3.72. The van der Waals surface area contributed by atoms with Crippen LogP contribution in [0.15, 0.2) is 24.3 Å². The zero-order valence-corrected chi connectivity index (χ0v) is 7.33. The summed E-state index contributed by atoms with van der Waals surface area (Å²) in [6, 6.07) is 7.62. The average Bonchev–Trinajstić information content (AvgIpc) is 2.85. The predicted molar refractivity (Wildman–Crippen MR) is 49.2 cm³/mol. The van der Waals surface area contributed by atoms with Gasteiger partial charge in [-0.05, 0) is 42.4 Å². The van der Waals surface area contributed by atoms with E-state index in [1.165, 1.54) is 18.4 Å². The van der Waals surface area contributed by atoms with E-state index in [1.807, 2.05) is 12.1 Å². The van der Waals surface area contributed by atoms with Crippen molar-refractivity contribution >= 4 is 0 Å². The highest BCUT2D eigenvalue weighted by Gasteiger charge is 2.28. The Bertz CT molecular complexity index is 276. The van der Waals surface area contributed by atoms with Crippen molar-refractivity contribution in [2.24, 2.45) is 5.92 Å². The minimum Gasteiger partial charge on any atom is -0.508 e. The van der Waals surface area contributed by atoms with Crippen LogP contribution in [-0.2, 0) is 0 Å². The standard InChI is InChI=1S/C11H14O/c1-8(9-5-6-9)10-3-2-4-11(12)7-10/h2-4,7-9,12H,5-6H2,1H3. The summed E-state index contributed by atoms with van der Waals surface area (Å²) in [6.07, 6.45) is 2.72. The largest absolute Gasteiger partial charge is 0.508 e. The molecule has 0 radical (unpaired) electrons. The van der Waals surface area contributed by atoms with Gasteiger partial charge in [-0.1, -0.05) is 19.1 Å². The molecule has 1 aromatic rings. The molecule has 1 atom stereocenters. The molecule has 0 heterocycles. The first-order valence-electron chi connectivity index (χ1n) is 4.56. The molecule has 1 fully saturated rings. The first-order valence-corrected chi connectivity index (χ1v) is 4.56. The van der Waals surface area contributed by atoms with Crippen molar-refractivity contribution in [3.05, 3.63) is 29.8 Å². The van der Waals surface area contributed by atoms with Gasteiger partial charge in [-0.15, -0.1) is 0 Å². The molecule has 0 bridgehead atoms. The van der Waals surface area contributed by atoms with E-state index in [4.69, 9.17) is 0 Å². The van der Waals surface area contributed by atoms with Gasteiger partial charge in [0.05, 0.1) is 0 Å². The Hall–Kier alpha value is -0.980. The van der Waals surface area contributed by atoms with Gasteiger partial charge in [-0.2, -0.15) is 0 Å². The lowest BCUT2D eigenvalue weighted by molar-refractivity contribution is 0.473. The lowest BCUT2D eigenvalue weighted by Crippen LogP contribution is -1.94. The molecule has 12 heavy (non-hydrogen) atoms. The molecule has 1 aromatic carbocycles. The summed E-state index contributed by atoms with van der Waals surface area (Å²) in [7, 11) is 0. The van der Waals surface area contributed by atoms with E-state index in [-0.39, 0.29) is 0 Å². The number of rotatable bonds is 2. The van der Waals surface area contributed by atoms with Crippen LogP contribution in [0.3, 0.4) is 0 Å². The van der Waals surface area contributed by atoms with Crippen LogP contribution in [0.4, 0.5) is 0 Å². The maximum atomic E-state index is 9.26. The van der Waals surface area contributed by atoms with Gasteiger partial charge in [0.15, 0.2) is 0 Å². The molecule has 0 saturated heterocycles. The van der Waals surface area contributed by atoms with Gasteiger partial charge >= 0.3 is 0 Å². The second kappa shape index (κ2) is 2.81. The molecule has 1 aliphatic rings. The Morgan fingerprint density at radius 1 is 1.42 bits per heavy atom. The van der Waals surface area contributed by atoms with Crippen LogP contribution in [0.1, 0.15) is 31.2 Å². The van der Waals surface area contributed by atoms with Crippen LogP contribution < -0.4 is 0 Å². The normalized spacial score (nSPS) is 19.1. The fourth-order valence-corrected chi connectivity index (χ4v) is 1.68. The SMILES string of the molecule is CC(c1cccc(O)c1)C1CC1. The number of hydrogen-bond acceptors (Lipinski definition) is 1. The van der Waals surface area contributed by atoms with Crippen LogP contribution in [0, 0.1) is 5.92 Å². The molecule has 1 unspecified atom stereocenters. The summed E-state index contributed by atoms with van der Waals surface area (Å²) in [6.45, 7) is 2.24. The van der Waals surface area contributed by atoms with E-state index in [0.29, 0.717) is 11.7 Å². The number of benzene rings is 1. The molecule has 0 spiro atoms. The molecule has 1 aliphatic carbocycles. The molecular weight excluding hydrogens is 148 g/mol. The van der Waals surface area contributed by atoms with Crippen molar-refractivity contribution in [2.45, 2.75) is 25.7 Å². The molecule has 64 valence electrons. The number of phenols is 1. The van der Waals surface area contributed by atoms with Crippen LogP contribution in [-0.4, -0.2) is 5.11 Å². The number of hydrogen-bond donors (Lipinski definition) is 1. The Morgan fingerprint density at radius 3 is 2.75 bits per heavy atom. The third-order valence-corrected chi connectivity index (χ3v) is 2.73. The lowest BCUT2D eigenvalue weighted by Gasteiger charge is -2.09. The minimum atomic E-state index is 0.389. The molecule has 1 heteroatoms. The summed E-state index contributed by atoms with van der Waals surface area (Å²) in [5, 5.41) is 9.26. The predicted octanol–water partition coefficient (Wildman–Crippen LogP) is 2.91. The molecule has 0 amide bonds. The third kappa shape index (κ3) is 1.45. The molecule has 1 nitrogen and oxygen atoms in total. The van der Waals surface area contributed by atoms with E-state index in [0.717, 1.165) is 5.92 Å². The molecule has 1 saturated carbocycles. The monoisotopic (exact) mass is 162 g/mol. The summed E-state index contributed by atoms with van der Waals surface area (Å²) < 4.78 is 0. The molecule has 1 N–H and O–H groups in total. The first kappa shape index (κ1) is 7.66. The molecule has 0 aromatic heterocycles. The van der Waals surface area contributed by atoms with Gasteiger partial charge < -0.3 is 5.11 Å². The zero-order valence-electron chi connectivity index (χ0n) is 7.33. The van der Waals surface area contributed by atoms with Crippen molar-refractivity contribution in [2.75, 3.05) is 0 Å². The number of aromatic hydroxyl groups is 1. The van der Waals surface area contributed by atoms with Crippen molar-refractivity contribution in [1.29, 1.82) is 0 Å². The minimum absolute atomic E-state index is 0.389. The highest BCUT2D eigenvalue weighted by atomic mass is 16.3. The van der Waals surface area contributed by atoms with Gasteiger partial charge in [-0.25, -0.2) is 0 Å². The van der Waals surface area contributed by atoms with Gasteiger partial charge in [0.2, 0.25) is 0 Å². The topological polar surface area (TPSA) is 20.2 Å².